The average molecular weight is 458 g/mol. The van der Waals surface area contributed by atoms with Crippen molar-refractivity contribution in [3.05, 3.63) is 106 Å². The Bertz CT molecular complexity index is 1240. The van der Waals surface area contributed by atoms with Gasteiger partial charge in [-0.1, -0.05) is 36.4 Å². The summed E-state index contributed by atoms with van der Waals surface area (Å²) in [6.45, 7) is 0. The van der Waals surface area contributed by atoms with E-state index in [1.165, 1.54) is 36.4 Å². The van der Waals surface area contributed by atoms with Crippen molar-refractivity contribution in [2.45, 2.75) is 0 Å². The Hall–Kier alpha value is -4.98. The van der Waals surface area contributed by atoms with E-state index in [1.807, 2.05) is 0 Å². The van der Waals surface area contributed by atoms with Crippen molar-refractivity contribution in [2.75, 3.05) is 0 Å². The minimum atomic E-state index is -1.22. The minimum Gasteiger partial charge on any atom is -0.507 e. The smallest absolute Gasteiger partial charge is 0.335 e. The van der Waals surface area contributed by atoms with Crippen molar-refractivity contribution in [3.8, 4) is 11.5 Å². The highest BCUT2D eigenvalue weighted by molar-refractivity contribution is 6.10. The first-order valence-corrected chi connectivity index (χ1v) is 9.83. The number of allylic oxidation sites excluding steroid dienone is 2. The summed E-state index contributed by atoms with van der Waals surface area (Å²) in [4.78, 5) is 46.8. The molecule has 0 aliphatic carbocycles. The molecular weight excluding hydrogens is 440 g/mol. The summed E-state index contributed by atoms with van der Waals surface area (Å²) in [6, 6.07) is 13.5. The van der Waals surface area contributed by atoms with Crippen LogP contribution in [0.2, 0.25) is 0 Å². The van der Waals surface area contributed by atoms with Crippen molar-refractivity contribution < 1.29 is 39.6 Å². The molecule has 0 fully saturated rings. The molecule has 0 aliphatic rings. The number of carbonyl (C=O) groups is 4. The maximum atomic E-state index is 12.3. The maximum Gasteiger partial charge on any atom is 0.335 e. The number of hydrogen-bond acceptors (Lipinski definition) is 6. The molecule has 0 spiro atoms. The molecule has 8 heteroatoms. The van der Waals surface area contributed by atoms with Crippen LogP contribution in [-0.2, 0) is 0 Å². The van der Waals surface area contributed by atoms with Crippen LogP contribution in [-0.4, -0.2) is 43.9 Å². The predicted molar refractivity (Wildman–Crippen MR) is 123 cm³/mol. The summed E-state index contributed by atoms with van der Waals surface area (Å²) in [5, 5.41) is 37.7. The van der Waals surface area contributed by atoms with Gasteiger partial charge in [0.1, 0.15) is 11.5 Å². The van der Waals surface area contributed by atoms with Crippen LogP contribution in [0.5, 0.6) is 11.5 Å². The van der Waals surface area contributed by atoms with Gasteiger partial charge in [-0.15, -0.1) is 0 Å². The zero-order chi connectivity index (χ0) is 24.8. The van der Waals surface area contributed by atoms with Crippen LogP contribution in [0.1, 0.15) is 52.6 Å². The topological polar surface area (TPSA) is 149 Å². The van der Waals surface area contributed by atoms with Crippen LogP contribution in [0.15, 0.2) is 72.8 Å². The molecule has 0 aliphatic heterocycles. The van der Waals surface area contributed by atoms with Gasteiger partial charge in [0.2, 0.25) is 0 Å². The predicted octanol–water partition coefficient (Wildman–Crippen LogP) is 4.29. The number of phenolic OH excluding ortho intramolecular Hbond substituents is 2. The van der Waals surface area contributed by atoms with Crippen LogP contribution >= 0.6 is 0 Å². The van der Waals surface area contributed by atoms with Gasteiger partial charge < -0.3 is 20.4 Å². The zero-order valence-corrected chi connectivity index (χ0v) is 17.5. The van der Waals surface area contributed by atoms with Crippen molar-refractivity contribution in [1.82, 2.24) is 0 Å². The number of ketones is 2. The van der Waals surface area contributed by atoms with Crippen LogP contribution in [0.25, 0.3) is 12.2 Å². The molecule has 0 unspecified atom stereocenters. The number of hydrogen-bond donors (Lipinski definition) is 4. The van der Waals surface area contributed by atoms with Crippen molar-refractivity contribution in [3.63, 3.8) is 0 Å². The number of carboxylic acid groups (broad SMARTS) is 2. The molecule has 0 saturated carbocycles. The lowest BCUT2D eigenvalue weighted by molar-refractivity contribution is 0.0686. The van der Waals surface area contributed by atoms with Gasteiger partial charge >= 0.3 is 11.9 Å². The van der Waals surface area contributed by atoms with Crippen LogP contribution in [0, 0.1) is 0 Å². The fourth-order valence-electron chi connectivity index (χ4n) is 2.97. The van der Waals surface area contributed by atoms with Crippen LogP contribution in [0.4, 0.5) is 0 Å². The highest BCUT2D eigenvalue weighted by Crippen LogP contribution is 2.21. The van der Waals surface area contributed by atoms with Gasteiger partial charge in [-0.05, 0) is 59.7 Å². The number of carbonyl (C=O) groups excluding carboxylic acids is 2. The van der Waals surface area contributed by atoms with Gasteiger partial charge in [0.15, 0.2) is 11.6 Å². The van der Waals surface area contributed by atoms with Crippen molar-refractivity contribution in [2.24, 2.45) is 0 Å². The standard InChI is InChI=1S/C26H18O8/c27-21(19-13-17(25(31)32)7-11-23(19)29)9-5-15-1-2-16(4-3-15)6-10-22(28)20-14-18(26(33)34)8-12-24(20)30/h1-14,29-30H,(H,31,32)(H,33,34)/b9-5+,10-6+. The summed E-state index contributed by atoms with van der Waals surface area (Å²) < 4.78 is 0. The van der Waals surface area contributed by atoms with Crippen molar-refractivity contribution in [1.29, 1.82) is 0 Å². The average Bonchev–Trinajstić information content (AvgIpc) is 2.81. The summed E-state index contributed by atoms with van der Waals surface area (Å²) in [5.74, 6) is -4.23. The molecule has 0 radical (unpaired) electrons. The molecule has 0 aromatic heterocycles. The first-order valence-electron chi connectivity index (χ1n) is 9.83. The summed E-state index contributed by atoms with van der Waals surface area (Å²) >= 11 is 0. The third kappa shape index (κ3) is 5.63. The Kier molecular flexibility index (Phi) is 7.03. The number of rotatable bonds is 8. The first-order chi connectivity index (χ1) is 16.2. The normalized spacial score (nSPS) is 11.1. The van der Waals surface area contributed by atoms with Crippen LogP contribution in [0.3, 0.4) is 0 Å². The van der Waals surface area contributed by atoms with E-state index in [0.29, 0.717) is 11.1 Å². The third-order valence-corrected chi connectivity index (χ3v) is 4.81. The van der Waals surface area contributed by atoms with Crippen molar-refractivity contribution >= 4 is 35.7 Å². The maximum absolute atomic E-state index is 12.3. The fourth-order valence-corrected chi connectivity index (χ4v) is 2.97. The Morgan fingerprint density at radius 2 is 0.912 bits per heavy atom. The summed E-state index contributed by atoms with van der Waals surface area (Å²) in [6.07, 6.45) is 5.38. The Morgan fingerprint density at radius 3 is 1.24 bits per heavy atom. The minimum absolute atomic E-state index is 0.122. The molecule has 0 amide bonds. The lowest BCUT2D eigenvalue weighted by atomic mass is 10.0. The molecule has 0 heterocycles. The van der Waals surface area contributed by atoms with Gasteiger partial charge in [-0.25, -0.2) is 9.59 Å². The third-order valence-electron chi connectivity index (χ3n) is 4.81. The molecule has 4 N–H and O–H groups in total. The second-order valence-corrected chi connectivity index (χ2v) is 7.14. The summed E-state index contributed by atoms with van der Waals surface area (Å²) in [7, 11) is 0. The van der Waals surface area contributed by atoms with E-state index < -0.39 is 23.5 Å². The quantitative estimate of drug-likeness (QED) is 0.289. The molecule has 3 aromatic rings. The van der Waals surface area contributed by atoms with Gasteiger partial charge in [-0.2, -0.15) is 0 Å². The number of aromatic hydroxyl groups is 2. The first kappa shape index (κ1) is 23.7. The second kappa shape index (κ2) is 10.1. The number of phenols is 2. The molecule has 170 valence electrons. The van der Waals surface area contributed by atoms with E-state index in [9.17, 15) is 29.4 Å². The molecule has 34 heavy (non-hydrogen) atoms. The lowest BCUT2D eigenvalue weighted by Crippen LogP contribution is -2.01. The molecule has 0 atom stereocenters. The van der Waals surface area contributed by atoms with Gasteiger partial charge in [0.05, 0.1) is 22.3 Å². The highest BCUT2D eigenvalue weighted by atomic mass is 16.4. The van der Waals surface area contributed by atoms with E-state index in [-0.39, 0.29) is 33.8 Å². The fraction of sp³-hybridized carbons (Fsp3) is 0. The van der Waals surface area contributed by atoms with E-state index in [4.69, 9.17) is 10.2 Å². The number of benzene rings is 3. The molecular formula is C26H18O8. The van der Waals surface area contributed by atoms with Gasteiger partial charge in [0, 0.05) is 0 Å². The van der Waals surface area contributed by atoms with E-state index in [2.05, 4.69) is 0 Å². The monoisotopic (exact) mass is 458 g/mol. The van der Waals surface area contributed by atoms with Gasteiger partial charge in [0.25, 0.3) is 0 Å². The van der Waals surface area contributed by atoms with E-state index >= 15 is 0 Å². The van der Waals surface area contributed by atoms with E-state index in [0.717, 1.165) is 24.3 Å². The Balaban J connectivity index is 1.71. The number of carboxylic acids is 2. The number of aromatic carboxylic acids is 2. The second-order valence-electron chi connectivity index (χ2n) is 7.14. The largest absolute Gasteiger partial charge is 0.507 e. The molecule has 3 aromatic carbocycles. The lowest BCUT2D eigenvalue weighted by Gasteiger charge is -2.03. The van der Waals surface area contributed by atoms with E-state index in [1.54, 1.807) is 24.3 Å². The zero-order valence-electron chi connectivity index (χ0n) is 17.5. The molecule has 8 nitrogen and oxygen atoms in total. The van der Waals surface area contributed by atoms with Crippen LogP contribution < -0.4 is 0 Å². The summed E-state index contributed by atoms with van der Waals surface area (Å²) in [5.41, 5.74) is 0.760. The molecule has 0 saturated heterocycles. The Labute approximate surface area is 193 Å². The highest BCUT2D eigenvalue weighted by Gasteiger charge is 2.13. The Morgan fingerprint density at radius 1 is 0.559 bits per heavy atom. The SMILES string of the molecule is O=C(O)c1ccc(O)c(C(=O)/C=C/c2ccc(/C=C/C(=O)c3cc(C(=O)O)ccc3O)cc2)c1. The molecule has 0 bridgehead atoms. The molecule has 3 rings (SSSR count). The van der Waals surface area contributed by atoms with Gasteiger partial charge in [-0.3, -0.25) is 9.59 Å².